The van der Waals surface area contributed by atoms with Crippen molar-refractivity contribution in [3.63, 3.8) is 0 Å². The van der Waals surface area contributed by atoms with Crippen LogP contribution in [0.5, 0.6) is 0 Å². The van der Waals surface area contributed by atoms with E-state index in [4.69, 9.17) is 28.8 Å². The first kappa shape index (κ1) is 46.1. The van der Waals surface area contributed by atoms with Gasteiger partial charge in [0.05, 0.1) is 22.8 Å². The quantitative estimate of drug-likeness (QED) is 0.151. The van der Waals surface area contributed by atoms with Gasteiger partial charge < -0.3 is 8.83 Å². The summed E-state index contributed by atoms with van der Waals surface area (Å²) in [5, 5.41) is 4.43. The molecule has 6 heteroatoms. The molecule has 15 aromatic rings. The van der Waals surface area contributed by atoms with Crippen LogP contribution >= 0.6 is 0 Å². The summed E-state index contributed by atoms with van der Waals surface area (Å²) in [4.78, 5) is 21.2. The predicted octanol–water partition coefficient (Wildman–Crippen LogP) is 19.4. The summed E-state index contributed by atoms with van der Waals surface area (Å²) in [6.45, 7) is 0. The van der Waals surface area contributed by atoms with Crippen LogP contribution in [0.2, 0.25) is 0 Å². The lowest BCUT2D eigenvalue weighted by Crippen LogP contribution is -2.27. The Labute approximate surface area is 472 Å². The van der Waals surface area contributed by atoms with Crippen LogP contribution in [-0.4, -0.2) is 19.9 Å². The molecule has 0 amide bonds. The van der Waals surface area contributed by atoms with Crippen molar-refractivity contribution in [3.8, 4) is 90.1 Å². The molecule has 0 aliphatic heterocycles. The van der Waals surface area contributed by atoms with Crippen LogP contribution in [0.1, 0.15) is 45.2 Å². The third-order valence-corrected chi connectivity index (χ3v) is 16.9. The average Bonchev–Trinajstić information content (AvgIpc) is 1.31. The molecule has 2 unspecified atom stereocenters. The van der Waals surface area contributed by atoms with Crippen LogP contribution in [0.3, 0.4) is 0 Å². The fourth-order valence-electron chi connectivity index (χ4n) is 13.0. The molecule has 18 rings (SSSR count). The van der Waals surface area contributed by atoms with Gasteiger partial charge in [-0.1, -0.05) is 194 Å². The number of aromatic nitrogens is 4. The zero-order chi connectivity index (χ0) is 53.8. The first-order valence-corrected chi connectivity index (χ1v) is 27.9. The van der Waals surface area contributed by atoms with Crippen LogP contribution in [0.4, 0.5) is 0 Å². The van der Waals surface area contributed by atoms with E-state index in [0.29, 0.717) is 11.6 Å². The van der Waals surface area contributed by atoms with E-state index in [-0.39, 0.29) is 11.8 Å². The van der Waals surface area contributed by atoms with E-state index in [1.807, 2.05) is 60.7 Å². The molecule has 2 bridgehead atoms. The maximum Gasteiger partial charge on any atom is 0.160 e. The molecule has 6 nitrogen and oxygen atoms in total. The average molecular weight is 1050 g/mol. The van der Waals surface area contributed by atoms with E-state index in [1.54, 1.807) is 0 Å². The van der Waals surface area contributed by atoms with Crippen molar-refractivity contribution in [1.82, 2.24) is 19.9 Å². The molecule has 0 saturated heterocycles. The summed E-state index contributed by atoms with van der Waals surface area (Å²) in [5.74, 6) is 1.42. The lowest BCUT2D eigenvalue weighted by Gasteiger charge is -2.42. The van der Waals surface area contributed by atoms with Crippen LogP contribution in [0.25, 0.3) is 134 Å². The van der Waals surface area contributed by atoms with E-state index in [9.17, 15) is 0 Å². The molecule has 0 radical (unpaired) electrons. The first-order valence-electron chi connectivity index (χ1n) is 27.9. The highest BCUT2D eigenvalue weighted by molar-refractivity contribution is 6.07. The number of para-hydroxylation sites is 2. The van der Waals surface area contributed by atoms with Gasteiger partial charge in [-0.05, 0) is 128 Å². The summed E-state index contributed by atoms with van der Waals surface area (Å²) in [5.41, 5.74) is 25.5. The molecule has 382 valence electrons. The molecule has 3 aliphatic rings. The second-order valence-corrected chi connectivity index (χ2v) is 21.6. The van der Waals surface area contributed by atoms with E-state index in [1.165, 1.54) is 33.4 Å². The maximum atomic E-state index is 6.19. The Hall–Kier alpha value is -10.8. The summed E-state index contributed by atoms with van der Waals surface area (Å²) in [7, 11) is 0. The summed E-state index contributed by atoms with van der Waals surface area (Å²) >= 11 is 0. The number of fused-ring (bicyclic) bond motifs is 6. The van der Waals surface area contributed by atoms with Gasteiger partial charge in [-0.3, -0.25) is 0 Å². The van der Waals surface area contributed by atoms with Gasteiger partial charge in [-0.15, -0.1) is 0 Å². The number of hydrogen-bond acceptors (Lipinski definition) is 6. The van der Waals surface area contributed by atoms with E-state index in [0.717, 1.165) is 122 Å². The summed E-state index contributed by atoms with van der Waals surface area (Å²) in [6.07, 6.45) is 0. The number of hydrogen-bond donors (Lipinski definition) is 0. The second-order valence-electron chi connectivity index (χ2n) is 21.6. The monoisotopic (exact) mass is 1050 g/mol. The Morgan fingerprint density at radius 2 is 0.537 bits per heavy atom. The highest BCUT2D eigenvalue weighted by Crippen LogP contribution is 2.57. The van der Waals surface area contributed by atoms with Crippen molar-refractivity contribution in [1.29, 1.82) is 0 Å². The molecule has 4 aromatic heterocycles. The summed E-state index contributed by atoms with van der Waals surface area (Å²) in [6, 6.07) is 94.7. The van der Waals surface area contributed by atoms with Gasteiger partial charge in [0.25, 0.3) is 0 Å². The van der Waals surface area contributed by atoms with Gasteiger partial charge in [0.2, 0.25) is 0 Å². The Kier molecular flexibility index (Phi) is 10.3. The Morgan fingerprint density at radius 3 is 0.988 bits per heavy atom. The van der Waals surface area contributed by atoms with Crippen LogP contribution in [0, 0.1) is 0 Å². The lowest BCUT2D eigenvalue weighted by atomic mass is 9.60. The fourth-order valence-corrected chi connectivity index (χ4v) is 13.0. The molecule has 0 saturated carbocycles. The predicted molar refractivity (Wildman–Crippen MR) is 330 cm³/mol. The van der Waals surface area contributed by atoms with Crippen molar-refractivity contribution in [2.24, 2.45) is 0 Å². The number of benzene rings is 11. The SMILES string of the molecule is c1ccc(-c2nc(-c3cccc(-c4ccc5oc6ccccc6c5c4)c3)cc(-c3ccc4c(c3)C3c5ccccc5C4c4cc(-c5cc(-c6cccc(-c7ccc8oc9ccccc9c8c7)c6)nc(-c6ccccc6)n5)ccc43)n2)cc1. The third-order valence-electron chi connectivity index (χ3n) is 16.9. The fraction of sp³-hybridized carbons (Fsp3) is 0.0263. The molecule has 0 fully saturated rings. The Morgan fingerprint density at radius 1 is 0.207 bits per heavy atom. The number of nitrogens with zero attached hydrogens (tertiary/aromatic N) is 4. The van der Waals surface area contributed by atoms with Crippen LogP contribution in [0.15, 0.2) is 276 Å². The topological polar surface area (TPSA) is 77.8 Å². The minimum Gasteiger partial charge on any atom is -0.456 e. The molecule has 2 atom stereocenters. The number of furan rings is 2. The number of rotatable bonds is 8. The van der Waals surface area contributed by atoms with E-state index < -0.39 is 0 Å². The van der Waals surface area contributed by atoms with Gasteiger partial charge in [0.1, 0.15) is 22.3 Å². The second kappa shape index (κ2) is 18.4. The molecule has 11 aromatic carbocycles. The van der Waals surface area contributed by atoms with E-state index >= 15 is 0 Å². The highest BCUT2D eigenvalue weighted by Gasteiger charge is 2.41. The molecule has 4 heterocycles. The normalized spacial score (nSPS) is 14.1. The summed E-state index contributed by atoms with van der Waals surface area (Å²) < 4.78 is 12.4. The van der Waals surface area contributed by atoms with Gasteiger partial charge in [-0.25, -0.2) is 19.9 Å². The lowest BCUT2D eigenvalue weighted by molar-refractivity contribution is 0.668. The van der Waals surface area contributed by atoms with Gasteiger partial charge >= 0.3 is 0 Å². The molecule has 3 aliphatic carbocycles. The smallest absolute Gasteiger partial charge is 0.160 e. The van der Waals surface area contributed by atoms with Crippen LogP contribution < -0.4 is 0 Å². The minimum atomic E-state index is 0.0271. The molecular weight excluding hydrogens is 1000 g/mol. The molecule has 0 spiro atoms. The largest absolute Gasteiger partial charge is 0.456 e. The van der Waals surface area contributed by atoms with Gasteiger partial charge in [0.15, 0.2) is 11.6 Å². The maximum absolute atomic E-state index is 6.19. The minimum absolute atomic E-state index is 0.0271. The van der Waals surface area contributed by atoms with E-state index in [2.05, 4.69) is 206 Å². The first-order chi connectivity index (χ1) is 40.6. The highest BCUT2D eigenvalue weighted by atomic mass is 16.3. The van der Waals surface area contributed by atoms with Crippen LogP contribution in [-0.2, 0) is 0 Å². The molecule has 0 N–H and O–H groups in total. The van der Waals surface area contributed by atoms with Crippen molar-refractivity contribution in [3.05, 3.63) is 300 Å². The van der Waals surface area contributed by atoms with Crippen molar-refractivity contribution in [2.75, 3.05) is 0 Å². The molecular formula is C76H46N4O2. The van der Waals surface area contributed by atoms with Gasteiger partial charge in [-0.2, -0.15) is 0 Å². The molecule has 82 heavy (non-hydrogen) atoms. The zero-order valence-electron chi connectivity index (χ0n) is 44.2. The van der Waals surface area contributed by atoms with Crippen molar-refractivity contribution in [2.45, 2.75) is 11.8 Å². The van der Waals surface area contributed by atoms with Crippen molar-refractivity contribution < 1.29 is 8.83 Å². The standard InChI is InChI=1S/C76H46N4O2/c1-3-15-45(16-4-1)75-77-65(51-21-13-19-47(37-51)49-31-35-71-61(39-49)55-23-9-11-27-69(55)81-71)43-67(79-75)53-29-33-59-63(41-53)73-57-25-7-8-26-58(57)74(59)64-42-54(30-34-60(64)73)68-44-66(78-76(80-68)46-17-5-2-6-18-46)52-22-14-20-48(38-52)50-32-36-72-62(40-50)56-24-10-12-28-70(56)82-72/h1-44,73-74H. The van der Waals surface area contributed by atoms with Crippen molar-refractivity contribution >= 4 is 43.9 Å². The van der Waals surface area contributed by atoms with Gasteiger partial charge in [0, 0.05) is 66.8 Å². The third kappa shape index (κ3) is 7.56. The zero-order valence-corrected chi connectivity index (χ0v) is 44.2. The Bertz CT molecular complexity index is 4760. The Balaban J connectivity index is 0.754.